The summed E-state index contributed by atoms with van der Waals surface area (Å²) in [6, 6.07) is 8.22. The Morgan fingerprint density at radius 3 is 2.44 bits per heavy atom. The first kappa shape index (κ1) is 34.4. The summed E-state index contributed by atoms with van der Waals surface area (Å²) in [6.07, 6.45) is 14.1. The number of aliphatic hydroxyl groups excluding tert-OH is 2. The average Bonchev–Trinajstić information content (AvgIpc) is 3.50. The minimum atomic E-state index is -0.448. The van der Waals surface area contributed by atoms with E-state index in [9.17, 15) is 15.0 Å². The number of benzene rings is 1. The van der Waals surface area contributed by atoms with Gasteiger partial charge in [0, 0.05) is 9.89 Å². The van der Waals surface area contributed by atoms with Crippen molar-refractivity contribution in [2.75, 3.05) is 6.61 Å². The number of nitrogens with one attached hydrogen (secondary N) is 1. The van der Waals surface area contributed by atoms with Crippen LogP contribution in [0.3, 0.4) is 0 Å². The molecule has 1 amide bonds. The molecule has 9 atom stereocenters. The zero-order valence-corrected chi connectivity index (χ0v) is 31.6. The SMILES string of the molecule is CC1(C)CC[C@]2(C(=O)NCc3cn(Cc4ccc(Br)cc4)nn3)CC[C@]3(C)C(=CC[C@@H]4[C@@]5(C)CC[C@H](O)[C@@](C)(CO)[C@@H]5CC[C@]43C)[C@@H]2C1. The molecule has 1 aromatic carbocycles. The van der Waals surface area contributed by atoms with Crippen LogP contribution in [0.5, 0.6) is 0 Å². The summed E-state index contributed by atoms with van der Waals surface area (Å²) in [7, 11) is 0. The highest BCUT2D eigenvalue weighted by Crippen LogP contribution is 2.75. The van der Waals surface area contributed by atoms with Crippen LogP contribution in [0.1, 0.15) is 117 Å². The summed E-state index contributed by atoms with van der Waals surface area (Å²) >= 11 is 3.50. The number of aliphatic hydroxyl groups is 2. The number of hydrogen-bond acceptors (Lipinski definition) is 5. The van der Waals surface area contributed by atoms with Crippen LogP contribution in [0.15, 0.2) is 46.6 Å². The summed E-state index contributed by atoms with van der Waals surface area (Å²) in [5, 5.41) is 33.8. The van der Waals surface area contributed by atoms with Crippen molar-refractivity contribution >= 4 is 21.8 Å². The number of fused-ring (bicyclic) bond motifs is 7. The van der Waals surface area contributed by atoms with E-state index in [2.05, 4.69) is 91.3 Å². The Bertz CT molecular complexity index is 1590. The molecule has 3 N–H and O–H groups in total. The molecule has 5 aliphatic rings. The third-order valence-corrected chi connectivity index (χ3v) is 16.0. The number of aromatic nitrogens is 3. The van der Waals surface area contributed by atoms with Crippen molar-refractivity contribution in [1.29, 1.82) is 0 Å². The van der Waals surface area contributed by atoms with Gasteiger partial charge in [-0.1, -0.05) is 86.5 Å². The van der Waals surface area contributed by atoms with E-state index in [1.165, 1.54) is 0 Å². The van der Waals surface area contributed by atoms with Crippen molar-refractivity contribution in [3.63, 3.8) is 0 Å². The molecular weight excluding hydrogens is 664 g/mol. The second-order valence-electron chi connectivity index (χ2n) is 18.3. The normalized spacial score (nSPS) is 41.6. The first-order valence-electron chi connectivity index (χ1n) is 18.5. The number of carbonyl (C=O) groups is 1. The predicted octanol–water partition coefficient (Wildman–Crippen LogP) is 7.84. The van der Waals surface area contributed by atoms with Crippen LogP contribution in [0.2, 0.25) is 0 Å². The topological polar surface area (TPSA) is 100 Å². The molecule has 1 aromatic heterocycles. The van der Waals surface area contributed by atoms with Gasteiger partial charge in [-0.05, 0) is 121 Å². The molecule has 48 heavy (non-hydrogen) atoms. The fraction of sp³-hybridized carbons (Fsp3) is 0.725. The van der Waals surface area contributed by atoms with Crippen molar-refractivity contribution in [2.24, 2.45) is 50.2 Å². The Morgan fingerprint density at radius 2 is 1.71 bits per heavy atom. The number of halogens is 1. The molecule has 7 rings (SSSR count). The monoisotopic (exact) mass is 720 g/mol. The zero-order valence-electron chi connectivity index (χ0n) is 30.0. The Labute approximate surface area is 295 Å². The maximum absolute atomic E-state index is 14.5. The number of hydrogen-bond donors (Lipinski definition) is 3. The zero-order chi connectivity index (χ0) is 34.3. The van der Waals surface area contributed by atoms with E-state index in [4.69, 9.17) is 0 Å². The highest BCUT2D eigenvalue weighted by atomic mass is 79.9. The van der Waals surface area contributed by atoms with E-state index in [-0.39, 0.29) is 40.1 Å². The molecule has 5 aliphatic carbocycles. The number of allylic oxidation sites excluding steroid dienone is 2. The molecule has 2 aromatic rings. The van der Waals surface area contributed by atoms with E-state index in [1.54, 1.807) is 5.57 Å². The lowest BCUT2D eigenvalue weighted by Gasteiger charge is -2.71. The maximum Gasteiger partial charge on any atom is 0.227 e. The van der Waals surface area contributed by atoms with Gasteiger partial charge < -0.3 is 15.5 Å². The van der Waals surface area contributed by atoms with Crippen LogP contribution < -0.4 is 5.32 Å². The van der Waals surface area contributed by atoms with Crippen LogP contribution in [0, 0.1) is 50.2 Å². The Hall–Kier alpha value is -2.03. The van der Waals surface area contributed by atoms with Gasteiger partial charge in [0.25, 0.3) is 0 Å². The molecule has 4 saturated carbocycles. The third kappa shape index (κ3) is 5.12. The first-order chi connectivity index (χ1) is 22.6. The largest absolute Gasteiger partial charge is 0.396 e. The van der Waals surface area contributed by atoms with E-state index in [0.29, 0.717) is 24.9 Å². The van der Waals surface area contributed by atoms with Crippen LogP contribution in [0.4, 0.5) is 0 Å². The highest BCUT2D eigenvalue weighted by Gasteiger charge is 2.69. The fourth-order valence-corrected chi connectivity index (χ4v) is 12.6. The van der Waals surface area contributed by atoms with Gasteiger partial charge in [-0.15, -0.1) is 5.10 Å². The molecule has 0 bridgehead atoms. The number of amides is 1. The summed E-state index contributed by atoms with van der Waals surface area (Å²) in [6.45, 7) is 15.6. The van der Waals surface area contributed by atoms with E-state index >= 15 is 0 Å². The van der Waals surface area contributed by atoms with E-state index in [1.807, 2.05) is 23.0 Å². The third-order valence-electron chi connectivity index (χ3n) is 15.5. The minimum absolute atomic E-state index is 0.0210. The second-order valence-corrected chi connectivity index (χ2v) is 19.2. The van der Waals surface area contributed by atoms with Crippen molar-refractivity contribution < 1.29 is 15.0 Å². The molecule has 8 heteroatoms. The lowest BCUT2D eigenvalue weighted by atomic mass is 9.33. The summed E-state index contributed by atoms with van der Waals surface area (Å²) in [5.74, 6) is 1.22. The molecule has 0 radical (unpaired) electrons. The molecular formula is C40H57BrN4O3. The molecule has 0 spiro atoms. The van der Waals surface area contributed by atoms with Crippen molar-refractivity contribution in [3.05, 3.63) is 57.8 Å². The number of nitrogens with zero attached hydrogens (tertiary/aromatic N) is 3. The van der Waals surface area contributed by atoms with Gasteiger partial charge in [-0.3, -0.25) is 4.79 Å². The van der Waals surface area contributed by atoms with Crippen LogP contribution in [-0.2, 0) is 17.9 Å². The fourth-order valence-electron chi connectivity index (χ4n) is 12.3. The summed E-state index contributed by atoms with van der Waals surface area (Å²) < 4.78 is 2.89. The number of carbonyl (C=O) groups excluding carboxylic acids is 1. The van der Waals surface area contributed by atoms with Gasteiger partial charge in [0.05, 0.1) is 37.4 Å². The second kappa shape index (κ2) is 11.8. The van der Waals surface area contributed by atoms with Gasteiger partial charge in [-0.25, -0.2) is 4.68 Å². The lowest BCUT2D eigenvalue weighted by Crippen LogP contribution is -2.66. The smallest absolute Gasteiger partial charge is 0.227 e. The van der Waals surface area contributed by atoms with Gasteiger partial charge in [0.1, 0.15) is 5.69 Å². The first-order valence-corrected chi connectivity index (χ1v) is 19.3. The van der Waals surface area contributed by atoms with E-state index < -0.39 is 16.9 Å². The van der Waals surface area contributed by atoms with Crippen molar-refractivity contribution in [3.8, 4) is 0 Å². The Kier molecular flexibility index (Phi) is 8.44. The Morgan fingerprint density at radius 1 is 0.979 bits per heavy atom. The predicted molar refractivity (Wildman–Crippen MR) is 192 cm³/mol. The number of rotatable bonds is 6. The minimum Gasteiger partial charge on any atom is -0.396 e. The molecule has 0 aliphatic heterocycles. The Balaban J connectivity index is 1.15. The average molecular weight is 722 g/mol. The highest BCUT2D eigenvalue weighted by molar-refractivity contribution is 9.10. The quantitative estimate of drug-likeness (QED) is 0.264. The van der Waals surface area contributed by atoms with E-state index in [0.717, 1.165) is 79.9 Å². The molecule has 262 valence electrons. The van der Waals surface area contributed by atoms with Gasteiger partial charge in [0.2, 0.25) is 5.91 Å². The van der Waals surface area contributed by atoms with Crippen LogP contribution in [-0.4, -0.2) is 43.8 Å². The maximum atomic E-state index is 14.5. The lowest BCUT2D eigenvalue weighted by molar-refractivity contribution is -0.215. The van der Waals surface area contributed by atoms with Crippen molar-refractivity contribution in [2.45, 2.75) is 125 Å². The molecule has 0 saturated heterocycles. The van der Waals surface area contributed by atoms with Crippen LogP contribution in [0.25, 0.3) is 0 Å². The van der Waals surface area contributed by atoms with Gasteiger partial charge in [-0.2, -0.15) is 0 Å². The molecule has 7 nitrogen and oxygen atoms in total. The summed E-state index contributed by atoms with van der Waals surface area (Å²) in [4.78, 5) is 14.5. The van der Waals surface area contributed by atoms with Gasteiger partial charge >= 0.3 is 0 Å². The molecule has 4 fully saturated rings. The molecule has 0 unspecified atom stereocenters. The van der Waals surface area contributed by atoms with Crippen molar-refractivity contribution in [1.82, 2.24) is 20.3 Å². The molecule has 1 heterocycles. The van der Waals surface area contributed by atoms with Gasteiger partial charge in [0.15, 0.2) is 0 Å². The van der Waals surface area contributed by atoms with Crippen LogP contribution >= 0.6 is 15.9 Å². The summed E-state index contributed by atoms with van der Waals surface area (Å²) in [5.41, 5.74) is 3.03. The standard InChI is InChI=1S/C40H57BrN4O3/c1-35(2)17-19-40(34(48)42-22-28-24-45(44-43-28)23-26-7-9-27(41)10-8-26)20-18-38(5)29(30(40)21-35)11-12-32-36(3)15-14-33(47)37(4,25-46)31(36)13-16-39(32,38)6/h7-11,24,30-33,46-47H,12-23,25H2,1-6H3,(H,42,48)/t30-,31+,32+,33-,36-,37-,38+,39+,40-/m0/s1.